The molecule has 2 aromatic carbocycles. The number of nitrogens with one attached hydrogen (secondary N) is 6. The van der Waals surface area contributed by atoms with Crippen LogP contribution in [0.15, 0.2) is 60.9 Å². The lowest BCUT2D eigenvalue weighted by molar-refractivity contribution is -0.134. The summed E-state index contributed by atoms with van der Waals surface area (Å²) < 4.78 is 0. The topological polar surface area (TPSA) is 243 Å². The van der Waals surface area contributed by atoms with Crippen LogP contribution in [0.2, 0.25) is 0 Å². The smallest absolute Gasteiger partial charge is 0.243 e. The van der Waals surface area contributed by atoms with Gasteiger partial charge in [0, 0.05) is 53.5 Å². The first-order valence-electron chi connectivity index (χ1n) is 25.1. The molecule has 5 amide bonds. The number of unbranched alkanes of at least 4 members (excludes halogenated alkanes) is 16. The Labute approximate surface area is 392 Å². The predicted octanol–water partition coefficient (Wildman–Crippen LogP) is 7.38. The average molecular weight is 912 g/mol. The third-order valence-corrected chi connectivity index (χ3v) is 12.7. The molecule has 14 nitrogen and oxygen atoms in total. The molecule has 0 fully saturated rings. The normalized spacial score (nSPS) is 13.3. The van der Waals surface area contributed by atoms with Crippen LogP contribution in [0.5, 0.6) is 0 Å². The van der Waals surface area contributed by atoms with E-state index in [4.69, 9.17) is 17.2 Å². The van der Waals surface area contributed by atoms with E-state index >= 15 is 0 Å². The van der Waals surface area contributed by atoms with Gasteiger partial charge in [-0.25, -0.2) is 0 Å². The van der Waals surface area contributed by atoms with Gasteiger partial charge < -0.3 is 48.4 Å². The van der Waals surface area contributed by atoms with Gasteiger partial charge >= 0.3 is 0 Å². The molecule has 4 rings (SSSR count). The number of nitrogens with two attached hydrogens (primary N) is 3. The Morgan fingerprint density at radius 2 is 0.879 bits per heavy atom. The summed E-state index contributed by atoms with van der Waals surface area (Å²) in [7, 11) is 0. The number of para-hydroxylation sites is 2. The van der Waals surface area contributed by atoms with Gasteiger partial charge in [-0.05, 0) is 81.3 Å². The lowest BCUT2D eigenvalue weighted by Gasteiger charge is -2.26. The van der Waals surface area contributed by atoms with Crippen molar-refractivity contribution >= 4 is 51.3 Å². The Morgan fingerprint density at radius 1 is 0.485 bits per heavy atom. The molecule has 0 unspecified atom stereocenters. The number of carbonyl (C=O) groups excluding carboxylic acids is 5. The Balaban J connectivity index is 1.43. The van der Waals surface area contributed by atoms with Crippen molar-refractivity contribution in [3.05, 3.63) is 72.1 Å². The molecule has 66 heavy (non-hydrogen) atoms. The van der Waals surface area contributed by atoms with Gasteiger partial charge in [0.15, 0.2) is 0 Å². The highest BCUT2D eigenvalue weighted by Gasteiger charge is 2.32. The summed E-state index contributed by atoms with van der Waals surface area (Å²) in [5, 5.41) is 13.4. The van der Waals surface area contributed by atoms with E-state index in [1.54, 1.807) is 6.20 Å². The molecule has 0 aliphatic rings. The van der Waals surface area contributed by atoms with Crippen LogP contribution >= 0.6 is 0 Å². The second-order valence-corrected chi connectivity index (χ2v) is 18.1. The zero-order valence-corrected chi connectivity index (χ0v) is 39.7. The quantitative estimate of drug-likeness (QED) is 0.0210. The zero-order chi connectivity index (χ0) is 47.4. The molecule has 0 saturated carbocycles. The molecule has 12 N–H and O–H groups in total. The van der Waals surface area contributed by atoms with Crippen molar-refractivity contribution in [2.24, 2.45) is 17.2 Å². The van der Waals surface area contributed by atoms with Crippen LogP contribution < -0.4 is 38.5 Å². The van der Waals surface area contributed by atoms with Gasteiger partial charge in [-0.1, -0.05) is 133 Å². The van der Waals surface area contributed by atoms with E-state index in [-0.39, 0.29) is 18.7 Å². The van der Waals surface area contributed by atoms with Crippen LogP contribution in [0.3, 0.4) is 0 Å². The third-order valence-electron chi connectivity index (χ3n) is 12.7. The fourth-order valence-electron chi connectivity index (χ4n) is 8.74. The van der Waals surface area contributed by atoms with E-state index in [2.05, 4.69) is 38.2 Å². The summed E-state index contributed by atoms with van der Waals surface area (Å²) in [6, 6.07) is 11.2. The number of rotatable bonds is 36. The molecule has 0 bridgehead atoms. The van der Waals surface area contributed by atoms with Crippen molar-refractivity contribution in [1.29, 1.82) is 0 Å². The summed E-state index contributed by atoms with van der Waals surface area (Å²) in [5.41, 5.74) is 20.5. The summed E-state index contributed by atoms with van der Waals surface area (Å²) in [4.78, 5) is 75.3. The van der Waals surface area contributed by atoms with Crippen LogP contribution in [0.25, 0.3) is 21.8 Å². The highest BCUT2D eigenvalue weighted by molar-refractivity contribution is 5.96. The van der Waals surface area contributed by atoms with Gasteiger partial charge in [-0.15, -0.1) is 0 Å². The Bertz CT molecular complexity index is 2050. The molecule has 2 aromatic heterocycles. The molecule has 4 atom stereocenters. The van der Waals surface area contributed by atoms with Crippen LogP contribution in [-0.4, -0.2) is 76.8 Å². The number of benzene rings is 2. The molecule has 4 aromatic rings. The number of hydrogen-bond donors (Lipinski definition) is 9. The van der Waals surface area contributed by atoms with Crippen LogP contribution in [0.4, 0.5) is 0 Å². The highest BCUT2D eigenvalue weighted by Crippen LogP contribution is 2.22. The lowest BCUT2D eigenvalue weighted by atomic mass is 10.00. The van der Waals surface area contributed by atoms with E-state index in [9.17, 15) is 24.0 Å². The number of amides is 5. The Morgan fingerprint density at radius 3 is 1.32 bits per heavy atom. The van der Waals surface area contributed by atoms with Crippen molar-refractivity contribution in [1.82, 2.24) is 31.2 Å². The van der Waals surface area contributed by atoms with E-state index in [0.717, 1.165) is 58.6 Å². The first-order valence-corrected chi connectivity index (χ1v) is 25.1. The first-order chi connectivity index (χ1) is 32.1. The average Bonchev–Trinajstić information content (AvgIpc) is 3.92. The third kappa shape index (κ3) is 18.9. The lowest BCUT2D eigenvalue weighted by Crippen LogP contribution is -2.59. The molecule has 0 saturated heterocycles. The first kappa shape index (κ1) is 53.4. The second-order valence-electron chi connectivity index (χ2n) is 18.1. The summed E-state index contributed by atoms with van der Waals surface area (Å²) in [6.45, 7) is 3.13. The van der Waals surface area contributed by atoms with Crippen molar-refractivity contribution < 1.29 is 24.0 Å². The fourth-order valence-corrected chi connectivity index (χ4v) is 8.74. The zero-order valence-electron chi connectivity index (χ0n) is 39.7. The molecular formula is C52H81N9O5. The number of aromatic nitrogens is 2. The molecular weight excluding hydrogens is 831 g/mol. The fraction of sp³-hybridized carbons (Fsp3) is 0.596. The van der Waals surface area contributed by atoms with E-state index < -0.39 is 47.8 Å². The highest BCUT2D eigenvalue weighted by atomic mass is 16.2. The number of fused-ring (bicyclic) bond motifs is 2. The standard InChI is InChI=1S/C52H81N9O5/c1-2-3-4-5-6-7-8-9-10-11-12-13-14-15-16-31-48(62)58-45(30-22-24-33-54)50(64)60-47(35-39-37-57-43-28-20-18-26-41(39)43)52(66)61-46(34-38-36-56-42-27-19-17-25-40(38)42)51(65)59-44(49(55)63)29-21-23-32-53/h17-20,25-28,36-37,44-47,56-57H,2-16,21-24,29-35,53-54H2,1H3,(H2,55,63)(H,58,62)(H,59,65)(H,60,64)(H,61,66)/t44-,45-,46-,47-/m0/s1. The van der Waals surface area contributed by atoms with E-state index in [1.807, 2.05) is 54.7 Å². The molecule has 364 valence electrons. The van der Waals surface area contributed by atoms with Crippen molar-refractivity contribution in [3.63, 3.8) is 0 Å². The summed E-state index contributed by atoms with van der Waals surface area (Å²) in [5.74, 6) is -2.58. The minimum absolute atomic E-state index is 0.0840. The summed E-state index contributed by atoms with van der Waals surface area (Å²) in [6.07, 6.45) is 25.7. The second kappa shape index (κ2) is 30.9. The van der Waals surface area contributed by atoms with Gasteiger partial charge in [0.1, 0.15) is 24.2 Å². The Hall–Kier alpha value is -5.21. The van der Waals surface area contributed by atoms with Gasteiger partial charge in [-0.2, -0.15) is 0 Å². The van der Waals surface area contributed by atoms with Crippen LogP contribution in [0.1, 0.15) is 159 Å². The molecule has 0 aliphatic heterocycles. The number of primary amides is 1. The molecule has 0 spiro atoms. The maximum atomic E-state index is 14.6. The summed E-state index contributed by atoms with van der Waals surface area (Å²) >= 11 is 0. The molecule has 2 heterocycles. The molecule has 0 aliphatic carbocycles. The van der Waals surface area contributed by atoms with Crippen molar-refractivity contribution in [2.75, 3.05) is 13.1 Å². The van der Waals surface area contributed by atoms with Gasteiger partial charge in [0.2, 0.25) is 29.5 Å². The van der Waals surface area contributed by atoms with Crippen LogP contribution in [0, 0.1) is 0 Å². The van der Waals surface area contributed by atoms with Crippen molar-refractivity contribution in [2.45, 2.75) is 185 Å². The van der Waals surface area contributed by atoms with Gasteiger partial charge in [-0.3, -0.25) is 24.0 Å². The van der Waals surface area contributed by atoms with E-state index in [1.165, 1.54) is 70.6 Å². The number of hydrogen-bond acceptors (Lipinski definition) is 7. The maximum Gasteiger partial charge on any atom is 0.243 e. The number of aromatic amines is 2. The Kier molecular flexibility index (Phi) is 25.0. The molecule has 0 radical (unpaired) electrons. The van der Waals surface area contributed by atoms with E-state index in [0.29, 0.717) is 58.0 Å². The predicted molar refractivity (Wildman–Crippen MR) is 266 cm³/mol. The minimum Gasteiger partial charge on any atom is -0.368 e. The molecule has 14 heteroatoms. The largest absolute Gasteiger partial charge is 0.368 e. The monoisotopic (exact) mass is 912 g/mol. The van der Waals surface area contributed by atoms with Gasteiger partial charge in [0.25, 0.3) is 0 Å². The van der Waals surface area contributed by atoms with Crippen molar-refractivity contribution in [3.8, 4) is 0 Å². The SMILES string of the molecule is CCCCCCCCCCCCCCCCCC(=O)N[C@@H](CCCCN)C(=O)N[C@@H](Cc1c[nH]c2ccccc12)C(=O)N[C@@H](Cc1c[nH]c2ccccc12)C(=O)N[C@@H](CCCCN)C(N)=O. The maximum absolute atomic E-state index is 14.6. The number of carbonyl (C=O) groups is 5. The van der Waals surface area contributed by atoms with Gasteiger partial charge in [0.05, 0.1) is 0 Å². The number of H-pyrrole nitrogens is 2. The minimum atomic E-state index is -1.15. The van der Waals surface area contributed by atoms with Crippen LogP contribution in [-0.2, 0) is 36.8 Å².